The van der Waals surface area contributed by atoms with Crippen molar-refractivity contribution in [2.45, 2.75) is 6.42 Å². The summed E-state index contributed by atoms with van der Waals surface area (Å²) in [5, 5.41) is 3.21. The van der Waals surface area contributed by atoms with Crippen LogP contribution in [0.15, 0.2) is 18.3 Å². The SMILES string of the molecule is Nc1ccc(CC(=O)N2CCNCC2)nc1. The van der Waals surface area contributed by atoms with E-state index in [1.165, 1.54) is 0 Å². The van der Waals surface area contributed by atoms with Crippen LogP contribution in [-0.4, -0.2) is 42.0 Å². The third-order valence-corrected chi connectivity index (χ3v) is 2.65. The monoisotopic (exact) mass is 220 g/mol. The van der Waals surface area contributed by atoms with E-state index < -0.39 is 0 Å². The van der Waals surface area contributed by atoms with E-state index in [-0.39, 0.29) is 5.91 Å². The Labute approximate surface area is 94.6 Å². The van der Waals surface area contributed by atoms with Gasteiger partial charge in [0.05, 0.1) is 18.3 Å². The fourth-order valence-electron chi connectivity index (χ4n) is 1.72. The highest BCUT2D eigenvalue weighted by molar-refractivity contribution is 5.78. The number of nitrogens with one attached hydrogen (secondary N) is 1. The molecule has 0 spiro atoms. The van der Waals surface area contributed by atoms with Crippen LogP contribution in [0.5, 0.6) is 0 Å². The highest BCUT2D eigenvalue weighted by Crippen LogP contribution is 2.04. The zero-order valence-corrected chi connectivity index (χ0v) is 9.15. The molecule has 0 bridgehead atoms. The molecule has 0 unspecified atom stereocenters. The zero-order chi connectivity index (χ0) is 11.4. The molecule has 1 aliphatic heterocycles. The molecule has 0 aliphatic carbocycles. The number of nitrogens with zero attached hydrogens (tertiary/aromatic N) is 2. The number of amides is 1. The van der Waals surface area contributed by atoms with Crippen molar-refractivity contribution >= 4 is 11.6 Å². The summed E-state index contributed by atoms with van der Waals surface area (Å²) < 4.78 is 0. The zero-order valence-electron chi connectivity index (χ0n) is 9.15. The first-order chi connectivity index (χ1) is 7.75. The van der Waals surface area contributed by atoms with E-state index in [1.807, 2.05) is 4.90 Å². The summed E-state index contributed by atoms with van der Waals surface area (Å²) in [5.41, 5.74) is 6.93. The summed E-state index contributed by atoms with van der Waals surface area (Å²) >= 11 is 0. The van der Waals surface area contributed by atoms with E-state index in [0.29, 0.717) is 12.1 Å². The number of pyridine rings is 1. The second kappa shape index (κ2) is 4.94. The van der Waals surface area contributed by atoms with E-state index >= 15 is 0 Å². The third kappa shape index (κ3) is 2.70. The van der Waals surface area contributed by atoms with Crippen molar-refractivity contribution in [2.24, 2.45) is 0 Å². The molecular weight excluding hydrogens is 204 g/mol. The van der Waals surface area contributed by atoms with Gasteiger partial charge in [0, 0.05) is 31.9 Å². The van der Waals surface area contributed by atoms with Crippen LogP contribution in [0.1, 0.15) is 5.69 Å². The van der Waals surface area contributed by atoms with Crippen molar-refractivity contribution in [1.29, 1.82) is 0 Å². The number of piperazine rings is 1. The maximum absolute atomic E-state index is 11.9. The summed E-state index contributed by atoms with van der Waals surface area (Å²) in [6.45, 7) is 3.32. The van der Waals surface area contributed by atoms with Gasteiger partial charge in [-0.3, -0.25) is 9.78 Å². The third-order valence-electron chi connectivity index (χ3n) is 2.65. The van der Waals surface area contributed by atoms with Crippen LogP contribution in [0.4, 0.5) is 5.69 Å². The van der Waals surface area contributed by atoms with Crippen molar-refractivity contribution in [3.8, 4) is 0 Å². The molecule has 1 aromatic heterocycles. The molecule has 0 aromatic carbocycles. The normalized spacial score (nSPS) is 16.1. The van der Waals surface area contributed by atoms with Crippen LogP contribution in [0.2, 0.25) is 0 Å². The Bertz CT molecular complexity index is 357. The molecule has 1 aliphatic rings. The van der Waals surface area contributed by atoms with Gasteiger partial charge < -0.3 is 16.0 Å². The largest absolute Gasteiger partial charge is 0.397 e. The molecule has 1 saturated heterocycles. The van der Waals surface area contributed by atoms with Gasteiger partial charge in [-0.15, -0.1) is 0 Å². The Morgan fingerprint density at radius 3 is 2.81 bits per heavy atom. The second-order valence-electron chi connectivity index (χ2n) is 3.89. The lowest BCUT2D eigenvalue weighted by molar-refractivity contribution is -0.131. The molecule has 0 radical (unpaired) electrons. The molecule has 0 atom stereocenters. The molecule has 0 saturated carbocycles. The summed E-state index contributed by atoms with van der Waals surface area (Å²) in [5.74, 6) is 0.138. The van der Waals surface area contributed by atoms with Gasteiger partial charge in [0.25, 0.3) is 0 Å². The molecule has 1 amide bonds. The van der Waals surface area contributed by atoms with E-state index in [4.69, 9.17) is 5.73 Å². The maximum Gasteiger partial charge on any atom is 0.228 e. The number of carbonyl (C=O) groups is 1. The minimum absolute atomic E-state index is 0.138. The highest BCUT2D eigenvalue weighted by atomic mass is 16.2. The molecule has 1 aromatic rings. The summed E-state index contributed by atoms with van der Waals surface area (Å²) in [6.07, 6.45) is 1.95. The van der Waals surface area contributed by atoms with Gasteiger partial charge in [0.15, 0.2) is 0 Å². The molecule has 16 heavy (non-hydrogen) atoms. The summed E-state index contributed by atoms with van der Waals surface area (Å²) in [4.78, 5) is 17.9. The van der Waals surface area contributed by atoms with Crippen LogP contribution in [-0.2, 0) is 11.2 Å². The van der Waals surface area contributed by atoms with Crippen LogP contribution in [0.3, 0.4) is 0 Å². The fourth-order valence-corrected chi connectivity index (χ4v) is 1.72. The maximum atomic E-state index is 11.9. The minimum Gasteiger partial charge on any atom is -0.397 e. The quantitative estimate of drug-likeness (QED) is 0.714. The predicted octanol–water partition coefficient (Wildman–Crippen LogP) is -0.362. The van der Waals surface area contributed by atoms with Crippen molar-refractivity contribution in [3.05, 3.63) is 24.0 Å². The molecule has 2 rings (SSSR count). The van der Waals surface area contributed by atoms with Crippen molar-refractivity contribution in [3.63, 3.8) is 0 Å². The summed E-state index contributed by atoms with van der Waals surface area (Å²) in [6, 6.07) is 3.57. The number of anilines is 1. The standard InChI is InChI=1S/C11H16N4O/c12-9-1-2-10(14-8-9)7-11(16)15-5-3-13-4-6-15/h1-2,8,13H,3-7,12H2. The molecule has 5 nitrogen and oxygen atoms in total. The van der Waals surface area contributed by atoms with Crippen LogP contribution in [0, 0.1) is 0 Å². The first-order valence-electron chi connectivity index (χ1n) is 5.44. The van der Waals surface area contributed by atoms with Gasteiger partial charge in [-0.05, 0) is 12.1 Å². The Morgan fingerprint density at radius 1 is 1.44 bits per heavy atom. The Kier molecular flexibility index (Phi) is 3.36. The Balaban J connectivity index is 1.93. The molecule has 5 heteroatoms. The molecule has 2 heterocycles. The summed E-state index contributed by atoms with van der Waals surface area (Å²) in [7, 11) is 0. The number of hydrogen-bond acceptors (Lipinski definition) is 4. The first kappa shape index (κ1) is 10.9. The van der Waals surface area contributed by atoms with E-state index in [0.717, 1.165) is 31.9 Å². The Morgan fingerprint density at radius 2 is 2.19 bits per heavy atom. The van der Waals surface area contributed by atoms with Crippen molar-refractivity contribution < 1.29 is 4.79 Å². The van der Waals surface area contributed by atoms with E-state index in [2.05, 4.69) is 10.3 Å². The minimum atomic E-state index is 0.138. The number of hydrogen-bond donors (Lipinski definition) is 2. The lowest BCUT2D eigenvalue weighted by Gasteiger charge is -2.27. The van der Waals surface area contributed by atoms with Crippen LogP contribution >= 0.6 is 0 Å². The van der Waals surface area contributed by atoms with Gasteiger partial charge >= 0.3 is 0 Å². The smallest absolute Gasteiger partial charge is 0.228 e. The topological polar surface area (TPSA) is 71.2 Å². The van der Waals surface area contributed by atoms with E-state index in [9.17, 15) is 4.79 Å². The van der Waals surface area contributed by atoms with Gasteiger partial charge in [-0.25, -0.2) is 0 Å². The van der Waals surface area contributed by atoms with Crippen molar-refractivity contribution in [1.82, 2.24) is 15.2 Å². The lowest BCUT2D eigenvalue weighted by atomic mass is 10.2. The van der Waals surface area contributed by atoms with Gasteiger partial charge in [0.2, 0.25) is 5.91 Å². The first-order valence-corrected chi connectivity index (χ1v) is 5.44. The van der Waals surface area contributed by atoms with Gasteiger partial charge in [-0.2, -0.15) is 0 Å². The number of rotatable bonds is 2. The van der Waals surface area contributed by atoms with Crippen LogP contribution in [0.25, 0.3) is 0 Å². The number of nitrogen functional groups attached to an aromatic ring is 1. The number of carbonyl (C=O) groups excluding carboxylic acids is 1. The number of aromatic nitrogens is 1. The number of nitrogens with two attached hydrogens (primary N) is 1. The molecule has 1 fully saturated rings. The average Bonchev–Trinajstić information content (AvgIpc) is 2.33. The van der Waals surface area contributed by atoms with Crippen molar-refractivity contribution in [2.75, 3.05) is 31.9 Å². The molecular formula is C11H16N4O. The predicted molar refractivity (Wildman–Crippen MR) is 61.8 cm³/mol. The lowest BCUT2D eigenvalue weighted by Crippen LogP contribution is -2.47. The van der Waals surface area contributed by atoms with Gasteiger partial charge in [-0.1, -0.05) is 0 Å². The van der Waals surface area contributed by atoms with Gasteiger partial charge in [0.1, 0.15) is 0 Å². The van der Waals surface area contributed by atoms with E-state index in [1.54, 1.807) is 18.3 Å². The highest BCUT2D eigenvalue weighted by Gasteiger charge is 2.16. The average molecular weight is 220 g/mol. The fraction of sp³-hybridized carbons (Fsp3) is 0.455. The molecule has 86 valence electrons. The van der Waals surface area contributed by atoms with Crippen LogP contribution < -0.4 is 11.1 Å². The molecule has 3 N–H and O–H groups in total. The second-order valence-corrected chi connectivity index (χ2v) is 3.89. The Hall–Kier alpha value is -1.62.